The number of aryl methyl sites for hydroxylation is 1. The highest BCUT2D eigenvalue weighted by Gasteiger charge is 2.27. The number of hydrogen-bond donors (Lipinski definition) is 1. The van der Waals surface area contributed by atoms with E-state index < -0.39 is 5.60 Å². The maximum Gasteiger partial charge on any atom is 0.410 e. The summed E-state index contributed by atoms with van der Waals surface area (Å²) in [4.78, 5) is 18.3. The molecule has 0 bridgehead atoms. The molecular formula is C17H27N3O2. The molecule has 0 aromatic carbocycles. The number of aromatic nitrogens is 1. The summed E-state index contributed by atoms with van der Waals surface area (Å²) in [6.45, 7) is 9.98. The molecule has 0 aliphatic carbocycles. The summed E-state index contributed by atoms with van der Waals surface area (Å²) in [6, 6.07) is 4.35. The third-order valence-corrected chi connectivity index (χ3v) is 3.77. The van der Waals surface area contributed by atoms with Gasteiger partial charge in [-0.05, 0) is 52.2 Å². The molecule has 2 heterocycles. The van der Waals surface area contributed by atoms with Gasteiger partial charge in [0.2, 0.25) is 0 Å². The van der Waals surface area contributed by atoms with Crippen LogP contribution in [0.25, 0.3) is 0 Å². The molecule has 5 nitrogen and oxygen atoms in total. The van der Waals surface area contributed by atoms with Crippen molar-refractivity contribution in [2.45, 2.75) is 58.7 Å². The van der Waals surface area contributed by atoms with Gasteiger partial charge in [0.15, 0.2) is 0 Å². The van der Waals surface area contributed by atoms with E-state index in [1.807, 2.05) is 44.9 Å². The van der Waals surface area contributed by atoms with E-state index in [0.717, 1.165) is 31.6 Å². The number of carbonyl (C=O) groups excluding carboxylic acids is 1. The number of ether oxygens (including phenoxy) is 1. The van der Waals surface area contributed by atoms with Crippen LogP contribution in [0.15, 0.2) is 18.3 Å². The minimum Gasteiger partial charge on any atom is -0.444 e. The summed E-state index contributed by atoms with van der Waals surface area (Å²) >= 11 is 0. The Bertz CT molecular complexity index is 511. The zero-order chi connectivity index (χ0) is 16.2. The number of nitrogens with zero attached hydrogens (tertiary/aromatic N) is 2. The SMILES string of the molecule is Cc1ncccc1CN[C@H]1CCCN(C(=O)OC(C)(C)C)C1. The number of pyridine rings is 1. The summed E-state index contributed by atoms with van der Waals surface area (Å²) in [5.41, 5.74) is 1.82. The Morgan fingerprint density at radius 2 is 2.27 bits per heavy atom. The van der Waals surface area contributed by atoms with E-state index in [1.54, 1.807) is 0 Å². The first-order valence-corrected chi connectivity index (χ1v) is 7.97. The molecule has 0 radical (unpaired) electrons. The third-order valence-electron chi connectivity index (χ3n) is 3.77. The van der Waals surface area contributed by atoms with Gasteiger partial charge in [0.1, 0.15) is 5.60 Å². The minimum atomic E-state index is -0.440. The molecule has 5 heteroatoms. The highest BCUT2D eigenvalue weighted by Crippen LogP contribution is 2.16. The van der Waals surface area contributed by atoms with Crippen LogP contribution in [0, 0.1) is 6.92 Å². The third kappa shape index (κ3) is 4.98. The smallest absolute Gasteiger partial charge is 0.410 e. The molecule has 1 aromatic heterocycles. The summed E-state index contributed by atoms with van der Waals surface area (Å²) in [6.07, 6.45) is 3.68. The van der Waals surface area contributed by atoms with Crippen LogP contribution in [-0.4, -0.2) is 40.7 Å². The van der Waals surface area contributed by atoms with E-state index in [4.69, 9.17) is 4.74 Å². The number of likely N-dealkylation sites (tertiary alicyclic amines) is 1. The van der Waals surface area contributed by atoms with Gasteiger partial charge in [0, 0.05) is 37.6 Å². The second-order valence-corrected chi connectivity index (χ2v) is 6.89. The number of carbonyl (C=O) groups is 1. The normalized spacial score (nSPS) is 19.1. The van der Waals surface area contributed by atoms with Gasteiger partial charge in [-0.2, -0.15) is 0 Å². The molecule has 1 aliphatic rings. The standard InChI is InChI=1S/C17H27N3O2/c1-13-14(7-5-9-18-13)11-19-15-8-6-10-20(12-15)16(21)22-17(2,3)4/h5,7,9,15,19H,6,8,10-12H2,1-4H3/t15-/m0/s1. The molecule has 0 saturated carbocycles. The van der Waals surface area contributed by atoms with Crippen molar-refractivity contribution in [2.24, 2.45) is 0 Å². The number of amides is 1. The van der Waals surface area contributed by atoms with Crippen LogP contribution >= 0.6 is 0 Å². The summed E-state index contributed by atoms with van der Waals surface area (Å²) < 4.78 is 5.46. The monoisotopic (exact) mass is 305 g/mol. The molecule has 22 heavy (non-hydrogen) atoms. The lowest BCUT2D eigenvalue weighted by Gasteiger charge is -2.34. The summed E-state index contributed by atoms with van der Waals surface area (Å²) in [7, 11) is 0. The quantitative estimate of drug-likeness (QED) is 0.933. The van der Waals surface area contributed by atoms with Crippen LogP contribution in [0.4, 0.5) is 4.79 Å². The molecule has 1 aromatic rings. The number of nitrogens with one attached hydrogen (secondary N) is 1. The topological polar surface area (TPSA) is 54.5 Å². The first-order chi connectivity index (χ1) is 10.3. The van der Waals surface area contributed by atoms with Gasteiger partial charge in [-0.3, -0.25) is 4.98 Å². The second-order valence-electron chi connectivity index (χ2n) is 6.89. The summed E-state index contributed by atoms with van der Waals surface area (Å²) in [5.74, 6) is 0. The lowest BCUT2D eigenvalue weighted by Crippen LogP contribution is -2.49. The maximum atomic E-state index is 12.2. The van der Waals surface area contributed by atoms with Crippen molar-refractivity contribution in [3.63, 3.8) is 0 Å². The van der Waals surface area contributed by atoms with Crippen molar-refractivity contribution >= 4 is 6.09 Å². The second kappa shape index (κ2) is 7.09. The molecule has 1 saturated heterocycles. The van der Waals surface area contributed by atoms with Crippen LogP contribution in [-0.2, 0) is 11.3 Å². The van der Waals surface area contributed by atoms with Crippen molar-refractivity contribution in [3.8, 4) is 0 Å². The minimum absolute atomic E-state index is 0.212. The predicted molar refractivity (Wildman–Crippen MR) is 86.6 cm³/mol. The fourth-order valence-electron chi connectivity index (χ4n) is 2.59. The average Bonchev–Trinajstić information content (AvgIpc) is 2.45. The number of rotatable bonds is 3. The van der Waals surface area contributed by atoms with Crippen molar-refractivity contribution in [3.05, 3.63) is 29.6 Å². The fourth-order valence-corrected chi connectivity index (χ4v) is 2.59. The number of piperidine rings is 1. The van der Waals surface area contributed by atoms with E-state index in [2.05, 4.69) is 16.4 Å². The molecule has 0 unspecified atom stereocenters. The van der Waals surface area contributed by atoms with Crippen LogP contribution in [0.3, 0.4) is 0 Å². The van der Waals surface area contributed by atoms with Gasteiger partial charge in [-0.15, -0.1) is 0 Å². The maximum absolute atomic E-state index is 12.2. The Kier molecular flexibility index (Phi) is 5.40. The first-order valence-electron chi connectivity index (χ1n) is 7.97. The fraction of sp³-hybridized carbons (Fsp3) is 0.647. The molecule has 1 amide bonds. The Balaban J connectivity index is 1.86. The van der Waals surface area contributed by atoms with Gasteiger partial charge in [-0.25, -0.2) is 4.79 Å². The Morgan fingerprint density at radius 1 is 1.50 bits per heavy atom. The molecule has 1 N–H and O–H groups in total. The average molecular weight is 305 g/mol. The van der Waals surface area contributed by atoms with Gasteiger partial charge < -0.3 is 15.0 Å². The van der Waals surface area contributed by atoms with Crippen molar-refractivity contribution in [2.75, 3.05) is 13.1 Å². The van der Waals surface area contributed by atoms with E-state index >= 15 is 0 Å². The van der Waals surface area contributed by atoms with Gasteiger partial charge in [0.05, 0.1) is 0 Å². The highest BCUT2D eigenvalue weighted by atomic mass is 16.6. The largest absolute Gasteiger partial charge is 0.444 e. The predicted octanol–water partition coefficient (Wildman–Crippen LogP) is 2.88. The Labute approximate surface area is 133 Å². The molecule has 1 fully saturated rings. The van der Waals surface area contributed by atoms with Gasteiger partial charge in [0.25, 0.3) is 0 Å². The van der Waals surface area contributed by atoms with Crippen molar-refractivity contribution in [1.82, 2.24) is 15.2 Å². The molecule has 1 atom stereocenters. The van der Waals surface area contributed by atoms with E-state index in [1.165, 1.54) is 5.56 Å². The van der Waals surface area contributed by atoms with Crippen LogP contribution in [0.5, 0.6) is 0 Å². The van der Waals surface area contributed by atoms with Crippen molar-refractivity contribution < 1.29 is 9.53 Å². The van der Waals surface area contributed by atoms with E-state index in [9.17, 15) is 4.79 Å². The Morgan fingerprint density at radius 3 is 2.95 bits per heavy atom. The summed E-state index contributed by atoms with van der Waals surface area (Å²) in [5, 5.41) is 3.54. The van der Waals surface area contributed by atoms with Crippen molar-refractivity contribution in [1.29, 1.82) is 0 Å². The van der Waals surface area contributed by atoms with Crippen LogP contribution < -0.4 is 5.32 Å². The first kappa shape index (κ1) is 16.7. The van der Waals surface area contributed by atoms with Crippen LogP contribution in [0.1, 0.15) is 44.9 Å². The molecule has 122 valence electrons. The van der Waals surface area contributed by atoms with E-state index in [-0.39, 0.29) is 6.09 Å². The van der Waals surface area contributed by atoms with Gasteiger partial charge in [-0.1, -0.05) is 6.07 Å². The zero-order valence-corrected chi connectivity index (χ0v) is 14.1. The molecule has 0 spiro atoms. The lowest BCUT2D eigenvalue weighted by molar-refractivity contribution is 0.0187. The van der Waals surface area contributed by atoms with Crippen LogP contribution in [0.2, 0.25) is 0 Å². The molecular weight excluding hydrogens is 278 g/mol. The lowest BCUT2D eigenvalue weighted by atomic mass is 10.1. The molecule has 2 rings (SSSR count). The zero-order valence-electron chi connectivity index (χ0n) is 14.1. The number of hydrogen-bond acceptors (Lipinski definition) is 4. The van der Waals surface area contributed by atoms with Gasteiger partial charge >= 0.3 is 6.09 Å². The highest BCUT2D eigenvalue weighted by molar-refractivity contribution is 5.68. The molecule has 1 aliphatic heterocycles. The van der Waals surface area contributed by atoms with E-state index in [0.29, 0.717) is 12.6 Å². The Hall–Kier alpha value is -1.62.